The number of carbonyl (C=O) groups is 7. The highest BCUT2D eigenvalue weighted by atomic mass is 16.3. The highest BCUT2D eigenvalue weighted by Gasteiger charge is 2.24. The van der Waals surface area contributed by atoms with Crippen LogP contribution in [0.1, 0.15) is 146 Å². The number of hydrogen-bond acceptors (Lipinski definition) is 9. The molecule has 0 spiro atoms. The van der Waals surface area contributed by atoms with E-state index in [0.717, 1.165) is 0 Å². The average Bonchev–Trinajstić information content (AvgIpc) is 3.53. The Morgan fingerprint density at radius 1 is 0.192 bits per heavy atom. The van der Waals surface area contributed by atoms with Crippen molar-refractivity contribution in [2.45, 2.75) is 12.2 Å². The van der Waals surface area contributed by atoms with Gasteiger partial charge in [-0.1, -0.05) is 200 Å². The molecule has 2 atom stereocenters. The van der Waals surface area contributed by atoms with Crippen molar-refractivity contribution in [3.63, 3.8) is 0 Å². The lowest BCUT2D eigenvalue weighted by Gasteiger charge is -2.14. The van der Waals surface area contributed by atoms with Gasteiger partial charge in [0.05, 0.1) is 0 Å². The van der Waals surface area contributed by atoms with Crippen LogP contribution in [0.15, 0.2) is 255 Å². The third kappa shape index (κ3) is 11.1. The highest BCUT2D eigenvalue weighted by Crippen LogP contribution is 2.29. The Labute approximate surface area is 449 Å². The molecular weight excluding hydrogens is 973 g/mol. The molecule has 9 nitrogen and oxygen atoms in total. The molecule has 376 valence electrons. The maximum atomic E-state index is 14.7. The number of aliphatic hydroxyl groups excluding tert-OH is 2. The van der Waals surface area contributed by atoms with Crippen molar-refractivity contribution in [1.82, 2.24) is 0 Å². The first kappa shape index (κ1) is 51.3. The zero-order valence-electron chi connectivity index (χ0n) is 41.7. The molecule has 0 bridgehead atoms. The van der Waals surface area contributed by atoms with Crippen molar-refractivity contribution >= 4 is 40.5 Å². The molecule has 0 aromatic heterocycles. The van der Waals surface area contributed by atoms with Gasteiger partial charge in [0.2, 0.25) is 0 Å². The van der Waals surface area contributed by atoms with E-state index in [1.54, 1.807) is 176 Å². The molecule has 0 aliphatic heterocycles. The van der Waals surface area contributed by atoms with Crippen LogP contribution in [0.5, 0.6) is 0 Å². The zero-order chi connectivity index (χ0) is 54.3. The number of ketones is 7. The molecule has 10 rings (SSSR count). The number of aliphatic hydroxyl groups is 2. The minimum atomic E-state index is -1.25. The summed E-state index contributed by atoms with van der Waals surface area (Å²) in [4.78, 5) is 98.9. The minimum absolute atomic E-state index is 0.0422. The molecule has 0 heterocycles. The number of carbonyl (C=O) groups excluding carboxylic acids is 7. The van der Waals surface area contributed by atoms with Gasteiger partial charge in [0.25, 0.3) is 0 Å². The standard InChI is InChI=1S/C69H46O9/c70-61(43-16-4-1-5-17-43)46-22-10-25-49(34-46)64(73)52-28-13-31-55(37-52)67(76)58-40-59(68(77)56-32-14-29-53(38-56)65(74)50-26-11-23-47(35-50)62(71)44-18-6-2-7-19-44)42-60(41-58)69(78)57-33-15-30-54(39-57)66(75)51-27-12-24-48(36-51)63(72)45-20-8-3-9-21-45/h1-42,61,65,70,74H. The summed E-state index contributed by atoms with van der Waals surface area (Å²) in [5, 5.41) is 22.8. The quantitative estimate of drug-likeness (QED) is 0.0798. The van der Waals surface area contributed by atoms with Crippen molar-refractivity contribution in [2.75, 3.05) is 0 Å². The average molecular weight is 1020 g/mol. The Kier molecular flexibility index (Phi) is 15.0. The Morgan fingerprint density at radius 3 is 0.667 bits per heavy atom. The molecule has 9 heteroatoms. The molecule has 10 aromatic rings. The number of benzene rings is 10. The van der Waals surface area contributed by atoms with Gasteiger partial charge in [-0.25, -0.2) is 0 Å². The van der Waals surface area contributed by atoms with Crippen LogP contribution in [-0.2, 0) is 0 Å². The summed E-state index contributed by atoms with van der Waals surface area (Å²) in [6.07, 6.45) is -2.24. The summed E-state index contributed by atoms with van der Waals surface area (Å²) in [6, 6.07) is 68.5. The summed E-state index contributed by atoms with van der Waals surface area (Å²) in [5.41, 5.74) is 4.50. The van der Waals surface area contributed by atoms with Gasteiger partial charge in [0.15, 0.2) is 40.5 Å². The molecule has 78 heavy (non-hydrogen) atoms. The fraction of sp³-hybridized carbons (Fsp3) is 0.0290. The van der Waals surface area contributed by atoms with E-state index < -0.39 is 41.1 Å². The van der Waals surface area contributed by atoms with Gasteiger partial charge in [0, 0.05) is 77.9 Å². The van der Waals surface area contributed by atoms with Crippen LogP contribution in [0.2, 0.25) is 0 Å². The molecule has 0 fully saturated rings. The molecule has 2 N–H and O–H groups in total. The summed E-state index contributed by atoms with van der Waals surface area (Å²) >= 11 is 0. The van der Waals surface area contributed by atoms with E-state index in [2.05, 4.69) is 0 Å². The lowest BCUT2D eigenvalue weighted by molar-refractivity contribution is 0.102. The smallest absolute Gasteiger partial charge is 0.193 e. The van der Waals surface area contributed by atoms with Crippen LogP contribution in [0, 0.1) is 0 Å². The van der Waals surface area contributed by atoms with E-state index in [1.807, 2.05) is 24.3 Å². The van der Waals surface area contributed by atoms with E-state index in [9.17, 15) is 43.8 Å². The second-order valence-electron chi connectivity index (χ2n) is 18.7. The molecule has 0 saturated heterocycles. The molecule has 0 radical (unpaired) electrons. The van der Waals surface area contributed by atoms with Crippen molar-refractivity contribution in [3.8, 4) is 0 Å². The first-order valence-electron chi connectivity index (χ1n) is 25.0. The molecule has 2 unspecified atom stereocenters. The van der Waals surface area contributed by atoms with Crippen LogP contribution in [-0.4, -0.2) is 50.7 Å². The fourth-order valence-corrected chi connectivity index (χ4v) is 9.34. The first-order chi connectivity index (χ1) is 37.9. The normalized spacial score (nSPS) is 11.7. The molecule has 0 aliphatic carbocycles. The van der Waals surface area contributed by atoms with Gasteiger partial charge in [-0.05, 0) is 76.9 Å². The molecule has 0 saturated carbocycles. The summed E-state index contributed by atoms with van der Waals surface area (Å²) in [6.45, 7) is 0. The van der Waals surface area contributed by atoms with Gasteiger partial charge in [-0.3, -0.25) is 33.6 Å². The van der Waals surface area contributed by atoms with E-state index >= 15 is 0 Å². The fourth-order valence-electron chi connectivity index (χ4n) is 9.34. The van der Waals surface area contributed by atoms with Gasteiger partial charge in [-0.2, -0.15) is 0 Å². The van der Waals surface area contributed by atoms with Crippen LogP contribution in [0.25, 0.3) is 0 Å². The second-order valence-corrected chi connectivity index (χ2v) is 18.7. The largest absolute Gasteiger partial charge is 0.384 e. The minimum Gasteiger partial charge on any atom is -0.384 e. The maximum absolute atomic E-state index is 14.7. The predicted octanol–water partition coefficient (Wildman–Crippen LogP) is 12.5. The summed E-state index contributed by atoms with van der Waals surface area (Å²) in [7, 11) is 0. The predicted molar refractivity (Wildman–Crippen MR) is 297 cm³/mol. The van der Waals surface area contributed by atoms with Crippen molar-refractivity contribution in [2.24, 2.45) is 0 Å². The van der Waals surface area contributed by atoms with E-state index in [1.165, 1.54) is 54.6 Å². The second kappa shape index (κ2) is 22.7. The summed E-state index contributed by atoms with van der Waals surface area (Å²) in [5.74, 6) is -3.15. The maximum Gasteiger partial charge on any atom is 0.193 e. The van der Waals surface area contributed by atoms with Crippen LogP contribution >= 0.6 is 0 Å². The van der Waals surface area contributed by atoms with Crippen molar-refractivity contribution in [3.05, 3.63) is 355 Å². The van der Waals surface area contributed by atoms with Gasteiger partial charge >= 0.3 is 0 Å². The number of hydrogen-bond donors (Lipinski definition) is 2. The Morgan fingerprint density at radius 2 is 0.372 bits per heavy atom. The van der Waals surface area contributed by atoms with Crippen molar-refractivity contribution < 1.29 is 43.8 Å². The molecular formula is C69H46O9. The van der Waals surface area contributed by atoms with Gasteiger partial charge in [0.1, 0.15) is 12.2 Å². The zero-order valence-corrected chi connectivity index (χ0v) is 41.7. The summed E-state index contributed by atoms with van der Waals surface area (Å²) < 4.78 is 0. The topological polar surface area (TPSA) is 160 Å². The van der Waals surface area contributed by atoms with Gasteiger partial charge < -0.3 is 10.2 Å². The third-order valence-electron chi connectivity index (χ3n) is 13.5. The van der Waals surface area contributed by atoms with E-state index in [4.69, 9.17) is 0 Å². The van der Waals surface area contributed by atoms with Crippen LogP contribution in [0.3, 0.4) is 0 Å². The van der Waals surface area contributed by atoms with Gasteiger partial charge in [-0.15, -0.1) is 0 Å². The SMILES string of the molecule is O=C(c1ccccc1)c1cccc(C(=O)c2cccc(C(=O)c3cc(C(=O)c4cccc(C(=O)c5cccc(C(O)c6ccccc6)c5)c4)cc(C(=O)c4cccc(C(O)c5cccc(C(=O)c6ccccc6)c5)c4)c3)c2)c1. The molecule has 0 amide bonds. The Balaban J connectivity index is 0.982. The molecule has 0 aliphatic rings. The van der Waals surface area contributed by atoms with Crippen molar-refractivity contribution in [1.29, 1.82) is 0 Å². The first-order valence-corrected chi connectivity index (χ1v) is 25.0. The third-order valence-corrected chi connectivity index (χ3v) is 13.5. The lowest BCUT2D eigenvalue weighted by atomic mass is 9.90. The lowest BCUT2D eigenvalue weighted by Crippen LogP contribution is -2.12. The van der Waals surface area contributed by atoms with Crippen LogP contribution < -0.4 is 0 Å². The van der Waals surface area contributed by atoms with Crippen LogP contribution in [0.4, 0.5) is 0 Å². The number of rotatable bonds is 18. The van der Waals surface area contributed by atoms with E-state index in [-0.39, 0.29) is 67.2 Å². The van der Waals surface area contributed by atoms with E-state index in [0.29, 0.717) is 44.5 Å². The Hall–Kier alpha value is -10.2. The monoisotopic (exact) mass is 1020 g/mol. The molecule has 10 aromatic carbocycles. The Bertz CT molecular complexity index is 3970. The highest BCUT2D eigenvalue weighted by molar-refractivity contribution is 6.19.